The second-order valence-corrected chi connectivity index (χ2v) is 11.0. The lowest BCUT2D eigenvalue weighted by Gasteiger charge is -2.17. The molecule has 1 heterocycles. The van der Waals surface area contributed by atoms with Gasteiger partial charge in [0.25, 0.3) is 11.8 Å². The van der Waals surface area contributed by atoms with Crippen molar-refractivity contribution in [3.05, 3.63) is 106 Å². The van der Waals surface area contributed by atoms with Crippen LogP contribution < -0.4 is 25.4 Å². The molecule has 4 aromatic rings. The van der Waals surface area contributed by atoms with Crippen LogP contribution in [0, 0.1) is 0 Å². The smallest absolute Gasteiger partial charge is 0.272 e. The molecule has 1 unspecified atom stereocenters. The van der Waals surface area contributed by atoms with E-state index < -0.39 is 11.2 Å². The monoisotopic (exact) mass is 601 g/mol. The van der Waals surface area contributed by atoms with E-state index in [9.17, 15) is 14.4 Å². The zero-order valence-electron chi connectivity index (χ0n) is 23.4. The molecule has 3 N–H and O–H groups in total. The topological polar surface area (TPSA) is 106 Å². The van der Waals surface area contributed by atoms with Gasteiger partial charge < -0.3 is 25.4 Å². The summed E-state index contributed by atoms with van der Waals surface area (Å²) >= 11 is 2.88. The highest BCUT2D eigenvalue weighted by Gasteiger charge is 2.21. The van der Waals surface area contributed by atoms with Gasteiger partial charge in [-0.25, -0.2) is 0 Å². The van der Waals surface area contributed by atoms with Gasteiger partial charge >= 0.3 is 0 Å². The molecule has 0 spiro atoms. The predicted molar refractivity (Wildman–Crippen MR) is 169 cm³/mol. The number of benzene rings is 3. The van der Waals surface area contributed by atoms with Crippen molar-refractivity contribution in [2.75, 3.05) is 24.9 Å². The number of ether oxygens (including phenoxy) is 2. The highest BCUT2D eigenvalue weighted by atomic mass is 32.2. The van der Waals surface area contributed by atoms with Crippen LogP contribution in [0.1, 0.15) is 29.3 Å². The van der Waals surface area contributed by atoms with E-state index >= 15 is 0 Å². The van der Waals surface area contributed by atoms with Gasteiger partial charge in [-0.1, -0.05) is 31.2 Å². The molecule has 0 bridgehead atoms. The molecule has 0 saturated heterocycles. The van der Waals surface area contributed by atoms with Crippen LogP contribution in [0.3, 0.4) is 0 Å². The Labute approximate surface area is 253 Å². The zero-order chi connectivity index (χ0) is 29.9. The van der Waals surface area contributed by atoms with Gasteiger partial charge in [0.2, 0.25) is 5.91 Å². The van der Waals surface area contributed by atoms with Crippen molar-refractivity contribution >= 4 is 58.3 Å². The molecule has 0 aliphatic rings. The van der Waals surface area contributed by atoms with E-state index in [2.05, 4.69) is 16.0 Å². The summed E-state index contributed by atoms with van der Waals surface area (Å²) in [5.74, 6) is 0.0897. The van der Waals surface area contributed by atoms with Gasteiger partial charge in [-0.15, -0.1) is 11.8 Å². The largest absolute Gasteiger partial charge is 0.497 e. The lowest BCUT2D eigenvalue weighted by atomic mass is 10.2. The maximum atomic E-state index is 13.3. The third kappa shape index (κ3) is 8.25. The Morgan fingerprint density at radius 3 is 2.43 bits per heavy atom. The fourth-order valence-electron chi connectivity index (χ4n) is 3.91. The molecule has 8 nitrogen and oxygen atoms in total. The van der Waals surface area contributed by atoms with E-state index in [1.54, 1.807) is 73.8 Å². The Bertz CT molecular complexity index is 1560. The summed E-state index contributed by atoms with van der Waals surface area (Å²) in [7, 11) is 3.10. The number of hydrogen-bond acceptors (Lipinski definition) is 7. The number of carbonyl (C=O) groups excluding carboxylic acids is 3. The van der Waals surface area contributed by atoms with Crippen molar-refractivity contribution in [3.8, 4) is 11.5 Å². The molecule has 216 valence electrons. The summed E-state index contributed by atoms with van der Waals surface area (Å²) in [4.78, 5) is 40.1. The Morgan fingerprint density at radius 1 is 0.929 bits per heavy atom. The number of methoxy groups -OCH3 is 2. The van der Waals surface area contributed by atoms with Gasteiger partial charge in [-0.05, 0) is 77.4 Å². The average molecular weight is 602 g/mol. The van der Waals surface area contributed by atoms with Crippen LogP contribution >= 0.6 is 23.1 Å². The maximum Gasteiger partial charge on any atom is 0.272 e. The van der Waals surface area contributed by atoms with Crippen LogP contribution in [0.15, 0.2) is 100 Å². The number of carbonyl (C=O) groups is 3. The average Bonchev–Trinajstić information content (AvgIpc) is 3.53. The lowest BCUT2D eigenvalue weighted by Crippen LogP contribution is -2.30. The molecule has 0 radical (unpaired) electrons. The molecule has 4 rings (SSSR count). The molecule has 42 heavy (non-hydrogen) atoms. The summed E-state index contributed by atoms with van der Waals surface area (Å²) in [6.45, 7) is 1.94. The normalized spacial score (nSPS) is 11.7. The number of nitrogens with one attached hydrogen (secondary N) is 3. The van der Waals surface area contributed by atoms with Crippen molar-refractivity contribution in [3.63, 3.8) is 0 Å². The first-order valence-corrected chi connectivity index (χ1v) is 14.9. The molecular weight excluding hydrogens is 571 g/mol. The van der Waals surface area contributed by atoms with Crippen molar-refractivity contribution in [1.29, 1.82) is 0 Å². The summed E-state index contributed by atoms with van der Waals surface area (Å²) in [5, 5.41) is 11.9. The lowest BCUT2D eigenvalue weighted by molar-refractivity contribution is -0.116. The number of hydrogen-bond donors (Lipinski definition) is 3. The minimum Gasteiger partial charge on any atom is -0.497 e. The van der Waals surface area contributed by atoms with Gasteiger partial charge in [0.1, 0.15) is 17.2 Å². The molecule has 0 aliphatic heterocycles. The summed E-state index contributed by atoms with van der Waals surface area (Å²) < 4.78 is 10.6. The first-order chi connectivity index (χ1) is 20.4. The van der Waals surface area contributed by atoms with Crippen LogP contribution in [0.4, 0.5) is 11.4 Å². The first kappa shape index (κ1) is 30.4. The maximum absolute atomic E-state index is 13.3. The van der Waals surface area contributed by atoms with Crippen molar-refractivity contribution in [2.45, 2.75) is 23.5 Å². The van der Waals surface area contributed by atoms with E-state index in [1.807, 2.05) is 35.9 Å². The van der Waals surface area contributed by atoms with E-state index in [-0.39, 0.29) is 17.5 Å². The molecular formula is C32H31N3O5S2. The second kappa shape index (κ2) is 14.9. The Kier molecular flexibility index (Phi) is 10.8. The van der Waals surface area contributed by atoms with Gasteiger partial charge in [-0.3, -0.25) is 14.4 Å². The molecule has 1 aromatic heterocycles. The second-order valence-electron chi connectivity index (χ2n) is 8.99. The standard InChI is InChI=1S/C32H31N3O5S2/c1-4-29(32(38)34-26-14-13-24(39-2)19-28(26)40-3)42-25-12-8-11-23(18-25)33-31(37)27(17-21-15-16-41-20-21)35-30(36)22-9-6-5-7-10-22/h5-20,29H,4H2,1-3H3,(H,33,37)(H,34,38)(H,35,36)/b27-17-. The molecule has 0 aliphatic carbocycles. The summed E-state index contributed by atoms with van der Waals surface area (Å²) in [5.41, 5.74) is 2.43. The van der Waals surface area contributed by atoms with Crippen LogP contribution in [0.25, 0.3) is 6.08 Å². The number of anilines is 2. The van der Waals surface area contributed by atoms with Gasteiger partial charge in [0, 0.05) is 22.2 Å². The van der Waals surface area contributed by atoms with Crippen molar-refractivity contribution in [1.82, 2.24) is 5.32 Å². The van der Waals surface area contributed by atoms with Crippen molar-refractivity contribution in [2.24, 2.45) is 0 Å². The third-order valence-corrected chi connectivity index (χ3v) is 8.14. The molecule has 3 aromatic carbocycles. The SMILES string of the molecule is CCC(Sc1cccc(NC(=O)/C(=C/c2ccsc2)NC(=O)c2ccccc2)c1)C(=O)Nc1ccc(OC)cc1OC. The van der Waals surface area contributed by atoms with Crippen LogP contribution in [-0.2, 0) is 9.59 Å². The number of rotatable bonds is 12. The summed E-state index contributed by atoms with van der Waals surface area (Å²) in [6.07, 6.45) is 2.21. The molecule has 3 amide bonds. The number of thiophene rings is 1. The fourth-order valence-corrected chi connectivity index (χ4v) is 5.54. The van der Waals surface area contributed by atoms with Gasteiger partial charge in [0.15, 0.2) is 0 Å². The van der Waals surface area contributed by atoms with Gasteiger partial charge in [0.05, 0.1) is 25.2 Å². The summed E-state index contributed by atoms with van der Waals surface area (Å²) in [6, 6.07) is 23.0. The van der Waals surface area contributed by atoms with Crippen LogP contribution in [-0.4, -0.2) is 37.2 Å². The Morgan fingerprint density at radius 2 is 1.74 bits per heavy atom. The first-order valence-electron chi connectivity index (χ1n) is 13.1. The minimum absolute atomic E-state index is 0.111. The predicted octanol–water partition coefficient (Wildman–Crippen LogP) is 6.68. The fraction of sp³-hybridized carbons (Fsp3) is 0.156. The van der Waals surface area contributed by atoms with Crippen LogP contribution in [0.5, 0.6) is 11.5 Å². The Hall–Kier alpha value is -4.54. The molecule has 0 fully saturated rings. The molecule has 10 heteroatoms. The van der Waals surface area contributed by atoms with E-state index in [0.717, 1.165) is 10.5 Å². The third-order valence-electron chi connectivity index (χ3n) is 6.08. The zero-order valence-corrected chi connectivity index (χ0v) is 25.0. The minimum atomic E-state index is -0.469. The van der Waals surface area contributed by atoms with Crippen LogP contribution in [0.2, 0.25) is 0 Å². The number of amides is 3. The van der Waals surface area contributed by atoms with E-state index in [1.165, 1.54) is 30.2 Å². The number of thioether (sulfide) groups is 1. The molecule has 0 saturated carbocycles. The molecule has 1 atom stereocenters. The highest BCUT2D eigenvalue weighted by Crippen LogP contribution is 2.32. The quantitative estimate of drug-likeness (QED) is 0.124. The van der Waals surface area contributed by atoms with Crippen molar-refractivity contribution < 1.29 is 23.9 Å². The van der Waals surface area contributed by atoms with E-state index in [0.29, 0.717) is 34.9 Å². The Balaban J connectivity index is 1.46. The van der Waals surface area contributed by atoms with E-state index in [4.69, 9.17) is 9.47 Å². The highest BCUT2D eigenvalue weighted by molar-refractivity contribution is 8.00. The van der Waals surface area contributed by atoms with Gasteiger partial charge in [-0.2, -0.15) is 11.3 Å².